The minimum atomic E-state index is -0.671. The number of benzene rings is 1. The second-order valence-electron chi connectivity index (χ2n) is 8.83. The largest absolute Gasteiger partial charge is 0.378 e. The van der Waals surface area contributed by atoms with Crippen LogP contribution in [0.2, 0.25) is 0 Å². The summed E-state index contributed by atoms with van der Waals surface area (Å²) in [5.41, 5.74) is 3.21. The quantitative estimate of drug-likeness (QED) is 0.538. The fourth-order valence-electron chi connectivity index (χ4n) is 4.74. The third-order valence-electron chi connectivity index (χ3n) is 6.59. The number of rotatable bonds is 6. The summed E-state index contributed by atoms with van der Waals surface area (Å²) in [4.78, 5) is 26.3. The number of carbonyl (C=O) groups is 1. The van der Waals surface area contributed by atoms with Gasteiger partial charge in [0.15, 0.2) is 0 Å². The van der Waals surface area contributed by atoms with E-state index < -0.39 is 11.6 Å². The van der Waals surface area contributed by atoms with Gasteiger partial charge in [-0.1, -0.05) is 0 Å². The van der Waals surface area contributed by atoms with Gasteiger partial charge in [0.2, 0.25) is 0 Å². The Morgan fingerprint density at radius 1 is 1.03 bits per heavy atom. The highest BCUT2D eigenvalue weighted by Crippen LogP contribution is 2.37. The maximum Gasteiger partial charge on any atom is 0.137 e. The van der Waals surface area contributed by atoms with Crippen LogP contribution in [0.1, 0.15) is 5.56 Å². The fourth-order valence-corrected chi connectivity index (χ4v) is 4.74. The van der Waals surface area contributed by atoms with Gasteiger partial charge in [-0.2, -0.15) is 0 Å². The number of hydrogen-bond donors (Lipinski definition) is 1. The Labute approximate surface area is 202 Å². The van der Waals surface area contributed by atoms with E-state index in [0.717, 1.165) is 36.7 Å². The van der Waals surface area contributed by atoms with Gasteiger partial charge >= 0.3 is 0 Å². The number of morpholine rings is 1. The lowest BCUT2D eigenvalue weighted by Crippen LogP contribution is -2.47. The van der Waals surface area contributed by atoms with Crippen molar-refractivity contribution in [1.29, 1.82) is 0 Å². The number of nitrogens with one attached hydrogen (secondary N) is 1. The lowest BCUT2D eigenvalue weighted by atomic mass is 10.1. The summed E-state index contributed by atoms with van der Waals surface area (Å²) < 4.78 is 34.6. The van der Waals surface area contributed by atoms with Crippen molar-refractivity contribution in [3.05, 3.63) is 47.8 Å². The number of aromatic nitrogens is 2. The lowest BCUT2D eigenvalue weighted by Gasteiger charge is -2.35. The maximum absolute atomic E-state index is 15.1. The van der Waals surface area contributed by atoms with Crippen LogP contribution in [0.5, 0.6) is 0 Å². The molecule has 1 aromatic carbocycles. The number of pyridine rings is 2. The topological polar surface area (TPSA) is 73.8 Å². The molecule has 2 aliphatic heterocycles. The highest BCUT2D eigenvalue weighted by Gasteiger charge is 2.24. The normalized spacial score (nSPS) is 17.1. The molecule has 0 spiro atoms. The summed E-state index contributed by atoms with van der Waals surface area (Å²) in [6.45, 7) is 7.91. The van der Waals surface area contributed by atoms with Crippen LogP contribution in [-0.4, -0.2) is 80.2 Å². The molecule has 0 saturated carbocycles. The molecular weight excluding hydrogens is 454 g/mol. The van der Waals surface area contributed by atoms with Gasteiger partial charge < -0.3 is 24.6 Å². The number of carbonyl (C=O) groups excluding carboxylic acids is 1. The molecule has 0 radical (unpaired) electrons. The first-order valence-corrected chi connectivity index (χ1v) is 11.8. The number of fused-ring (bicyclic) bond motifs is 1. The smallest absolute Gasteiger partial charge is 0.137 e. The van der Waals surface area contributed by atoms with Crippen LogP contribution in [0.4, 0.5) is 31.7 Å². The SMILES string of the molecule is Cc1c(N2CCN(CC=O)CC2)nc2cc(F)cc(F)c2c1Nc1cncc(N2CCOCC2)c1. The predicted octanol–water partition coefficient (Wildman–Crippen LogP) is 3.12. The van der Waals surface area contributed by atoms with Crippen LogP contribution in [0.25, 0.3) is 10.9 Å². The molecule has 2 aromatic heterocycles. The Bertz CT molecular complexity index is 1230. The van der Waals surface area contributed by atoms with Gasteiger partial charge in [-0.25, -0.2) is 13.8 Å². The first kappa shape index (κ1) is 23.4. The average molecular weight is 483 g/mol. The lowest BCUT2D eigenvalue weighted by molar-refractivity contribution is -0.108. The molecule has 3 aromatic rings. The number of aldehydes is 1. The van der Waals surface area contributed by atoms with Gasteiger partial charge in [0.1, 0.15) is 23.7 Å². The molecule has 4 heterocycles. The summed E-state index contributed by atoms with van der Waals surface area (Å²) >= 11 is 0. The summed E-state index contributed by atoms with van der Waals surface area (Å²) in [5, 5.41) is 3.60. The van der Waals surface area contributed by atoms with E-state index in [1.807, 2.05) is 13.0 Å². The molecule has 0 unspecified atom stereocenters. The van der Waals surface area contributed by atoms with Gasteiger partial charge in [0.05, 0.1) is 60.1 Å². The van der Waals surface area contributed by atoms with Gasteiger partial charge in [0, 0.05) is 57.0 Å². The van der Waals surface area contributed by atoms with Gasteiger partial charge in [-0.3, -0.25) is 9.88 Å². The molecule has 2 aliphatic rings. The summed E-state index contributed by atoms with van der Waals surface area (Å²) in [6.07, 6.45) is 4.39. The fraction of sp³-hybridized carbons (Fsp3) is 0.400. The molecule has 35 heavy (non-hydrogen) atoms. The Balaban J connectivity index is 1.53. The Morgan fingerprint density at radius 3 is 2.54 bits per heavy atom. The number of piperazine rings is 1. The van der Waals surface area contributed by atoms with Crippen LogP contribution in [0.15, 0.2) is 30.6 Å². The molecule has 1 N–H and O–H groups in total. The first-order chi connectivity index (χ1) is 17.0. The molecule has 0 bridgehead atoms. The zero-order valence-electron chi connectivity index (χ0n) is 19.6. The van der Waals surface area contributed by atoms with Crippen molar-refractivity contribution in [2.45, 2.75) is 6.92 Å². The first-order valence-electron chi connectivity index (χ1n) is 11.8. The molecule has 5 rings (SSSR count). The van der Waals surface area contributed by atoms with Crippen molar-refractivity contribution in [2.75, 3.05) is 74.1 Å². The zero-order valence-corrected chi connectivity index (χ0v) is 19.6. The van der Waals surface area contributed by atoms with E-state index in [0.29, 0.717) is 63.1 Å². The number of hydrogen-bond acceptors (Lipinski definition) is 8. The molecule has 2 fully saturated rings. The highest BCUT2D eigenvalue weighted by atomic mass is 19.1. The highest BCUT2D eigenvalue weighted by molar-refractivity contribution is 5.97. The van der Waals surface area contributed by atoms with Crippen molar-refractivity contribution in [3.63, 3.8) is 0 Å². The summed E-state index contributed by atoms with van der Waals surface area (Å²) in [6, 6.07) is 4.12. The van der Waals surface area contributed by atoms with Gasteiger partial charge in [-0.15, -0.1) is 0 Å². The summed E-state index contributed by atoms with van der Waals surface area (Å²) in [7, 11) is 0. The summed E-state index contributed by atoms with van der Waals surface area (Å²) in [5.74, 6) is -0.666. The Kier molecular flexibility index (Phi) is 6.74. The Morgan fingerprint density at radius 2 is 1.80 bits per heavy atom. The van der Waals surface area contributed by atoms with Crippen molar-refractivity contribution in [3.8, 4) is 0 Å². The zero-order chi connectivity index (χ0) is 24.4. The van der Waals surface area contributed by atoms with Crippen LogP contribution in [0, 0.1) is 18.6 Å². The maximum atomic E-state index is 15.1. The predicted molar refractivity (Wildman–Crippen MR) is 132 cm³/mol. The number of nitrogens with zero attached hydrogens (tertiary/aromatic N) is 5. The van der Waals surface area contributed by atoms with Crippen molar-refractivity contribution in [1.82, 2.24) is 14.9 Å². The third-order valence-corrected chi connectivity index (χ3v) is 6.59. The van der Waals surface area contributed by atoms with E-state index in [1.165, 1.54) is 6.07 Å². The van der Waals surface area contributed by atoms with Crippen LogP contribution in [0.3, 0.4) is 0 Å². The van der Waals surface area contributed by atoms with E-state index in [-0.39, 0.29) is 10.9 Å². The van der Waals surface area contributed by atoms with Crippen LogP contribution in [-0.2, 0) is 9.53 Å². The molecule has 2 saturated heterocycles. The van der Waals surface area contributed by atoms with E-state index in [1.54, 1.807) is 12.4 Å². The molecule has 0 atom stereocenters. The number of halogens is 2. The molecule has 0 aliphatic carbocycles. The second kappa shape index (κ2) is 10.1. The third kappa shape index (κ3) is 4.89. The van der Waals surface area contributed by atoms with Crippen molar-refractivity contribution in [2.24, 2.45) is 0 Å². The standard InChI is InChI=1S/C25H28F2N6O2/c1-17-24(29-19-14-20(16-28-15-19)32-7-10-35-11-8-32)23-21(27)12-18(26)13-22(23)30-25(17)33-4-2-31(3-5-33)6-9-34/h9,12-16H,2-8,10-11H2,1H3,(H,29,30). The monoisotopic (exact) mass is 482 g/mol. The molecule has 10 heteroatoms. The van der Waals surface area contributed by atoms with E-state index in [2.05, 4.69) is 30.0 Å². The van der Waals surface area contributed by atoms with E-state index >= 15 is 4.39 Å². The molecule has 184 valence electrons. The molecular formula is C25H28F2N6O2. The number of anilines is 4. The van der Waals surface area contributed by atoms with Crippen LogP contribution >= 0.6 is 0 Å². The number of ether oxygens (including phenoxy) is 1. The van der Waals surface area contributed by atoms with Crippen LogP contribution < -0.4 is 15.1 Å². The second-order valence-corrected chi connectivity index (χ2v) is 8.83. The van der Waals surface area contributed by atoms with Gasteiger partial charge in [0.25, 0.3) is 0 Å². The average Bonchev–Trinajstić information content (AvgIpc) is 2.87. The minimum absolute atomic E-state index is 0.240. The van der Waals surface area contributed by atoms with Gasteiger partial charge in [-0.05, 0) is 13.0 Å². The molecule has 8 nitrogen and oxygen atoms in total. The Hall–Kier alpha value is -3.37. The van der Waals surface area contributed by atoms with Crippen molar-refractivity contribution < 1.29 is 18.3 Å². The minimum Gasteiger partial charge on any atom is -0.378 e. The van der Waals surface area contributed by atoms with Crippen molar-refractivity contribution >= 4 is 40.1 Å². The van der Waals surface area contributed by atoms with E-state index in [9.17, 15) is 9.18 Å². The van der Waals surface area contributed by atoms with E-state index in [4.69, 9.17) is 4.74 Å². The molecule has 0 amide bonds.